The van der Waals surface area contributed by atoms with Crippen LogP contribution in [-0.4, -0.2) is 42.1 Å². The predicted octanol–water partition coefficient (Wildman–Crippen LogP) is 2.93. The van der Waals surface area contributed by atoms with Gasteiger partial charge in [0.2, 0.25) is 0 Å². The SMILES string of the molecule is COC1CN(C(=O)c2csc(-c3ccccc3Cl)n2)C1. The molecule has 1 saturated heterocycles. The summed E-state index contributed by atoms with van der Waals surface area (Å²) in [5, 5.41) is 3.19. The molecule has 1 aliphatic heterocycles. The minimum absolute atomic E-state index is 0.0483. The molecule has 2 heterocycles. The Labute approximate surface area is 126 Å². The molecule has 1 amide bonds. The predicted molar refractivity (Wildman–Crippen MR) is 79.3 cm³/mol. The number of carbonyl (C=O) groups is 1. The number of nitrogens with zero attached hydrogens (tertiary/aromatic N) is 2. The minimum atomic E-state index is -0.0483. The second-order valence-corrected chi connectivity index (χ2v) is 5.85. The Morgan fingerprint density at radius 2 is 2.20 bits per heavy atom. The number of halogens is 1. The third-order valence-corrected chi connectivity index (χ3v) is 4.50. The van der Waals surface area contributed by atoms with Crippen molar-refractivity contribution in [2.75, 3.05) is 20.2 Å². The summed E-state index contributed by atoms with van der Waals surface area (Å²) in [6.45, 7) is 1.27. The number of hydrogen-bond donors (Lipinski definition) is 0. The van der Waals surface area contributed by atoms with Crippen LogP contribution in [0.15, 0.2) is 29.6 Å². The first kappa shape index (κ1) is 13.5. The van der Waals surface area contributed by atoms with Crippen LogP contribution in [0.2, 0.25) is 5.02 Å². The van der Waals surface area contributed by atoms with E-state index in [0.717, 1.165) is 10.6 Å². The molecule has 1 aromatic carbocycles. The molecule has 0 spiro atoms. The molecule has 1 aliphatic rings. The zero-order valence-corrected chi connectivity index (χ0v) is 12.4. The fraction of sp³-hybridized carbons (Fsp3) is 0.286. The highest BCUT2D eigenvalue weighted by Crippen LogP contribution is 2.30. The second-order valence-electron chi connectivity index (χ2n) is 4.59. The van der Waals surface area contributed by atoms with Crippen molar-refractivity contribution < 1.29 is 9.53 Å². The molecule has 0 saturated carbocycles. The van der Waals surface area contributed by atoms with Crippen LogP contribution in [0.4, 0.5) is 0 Å². The number of amides is 1. The van der Waals surface area contributed by atoms with E-state index in [0.29, 0.717) is 23.8 Å². The quantitative estimate of drug-likeness (QED) is 0.875. The van der Waals surface area contributed by atoms with E-state index in [2.05, 4.69) is 4.98 Å². The highest BCUT2D eigenvalue weighted by molar-refractivity contribution is 7.13. The maximum atomic E-state index is 12.2. The molecular formula is C14H13ClN2O2S. The van der Waals surface area contributed by atoms with Crippen LogP contribution in [0.5, 0.6) is 0 Å². The summed E-state index contributed by atoms with van der Waals surface area (Å²) >= 11 is 7.57. The normalized spacial score (nSPS) is 15.2. The summed E-state index contributed by atoms with van der Waals surface area (Å²) in [4.78, 5) is 18.3. The highest BCUT2D eigenvalue weighted by Gasteiger charge is 2.32. The van der Waals surface area contributed by atoms with Gasteiger partial charge in [-0.15, -0.1) is 11.3 Å². The van der Waals surface area contributed by atoms with Crippen molar-refractivity contribution in [1.29, 1.82) is 0 Å². The van der Waals surface area contributed by atoms with Gasteiger partial charge in [-0.05, 0) is 6.07 Å². The molecule has 2 aromatic rings. The van der Waals surface area contributed by atoms with Gasteiger partial charge in [-0.25, -0.2) is 4.98 Å². The number of carbonyl (C=O) groups excluding carboxylic acids is 1. The van der Waals surface area contributed by atoms with Crippen LogP contribution < -0.4 is 0 Å². The van der Waals surface area contributed by atoms with E-state index in [9.17, 15) is 4.79 Å². The van der Waals surface area contributed by atoms with E-state index in [1.165, 1.54) is 11.3 Å². The van der Waals surface area contributed by atoms with Crippen LogP contribution in [0.25, 0.3) is 10.6 Å². The first-order valence-corrected chi connectivity index (χ1v) is 7.47. The van der Waals surface area contributed by atoms with E-state index < -0.39 is 0 Å². The number of aromatic nitrogens is 1. The summed E-state index contributed by atoms with van der Waals surface area (Å²) in [6, 6.07) is 7.50. The molecule has 0 atom stereocenters. The Kier molecular flexibility index (Phi) is 3.74. The van der Waals surface area contributed by atoms with Crippen molar-refractivity contribution in [3.63, 3.8) is 0 Å². The fourth-order valence-corrected chi connectivity index (χ4v) is 3.16. The van der Waals surface area contributed by atoms with Crippen molar-refractivity contribution in [3.8, 4) is 10.6 Å². The van der Waals surface area contributed by atoms with E-state index in [4.69, 9.17) is 16.3 Å². The molecule has 104 valence electrons. The Hall–Kier alpha value is -1.43. The van der Waals surface area contributed by atoms with Crippen LogP contribution in [0, 0.1) is 0 Å². The van der Waals surface area contributed by atoms with Crippen LogP contribution in [0.3, 0.4) is 0 Å². The Balaban J connectivity index is 1.78. The third kappa shape index (κ3) is 2.44. The van der Waals surface area contributed by atoms with Gasteiger partial charge in [0.05, 0.1) is 11.1 Å². The number of rotatable bonds is 3. The number of methoxy groups -OCH3 is 1. The zero-order chi connectivity index (χ0) is 14.1. The molecule has 1 fully saturated rings. The second kappa shape index (κ2) is 5.52. The monoisotopic (exact) mass is 308 g/mol. The lowest BCUT2D eigenvalue weighted by Gasteiger charge is -2.37. The summed E-state index contributed by atoms with van der Waals surface area (Å²) in [6.07, 6.45) is 0.153. The number of thiazole rings is 1. The Morgan fingerprint density at radius 3 is 2.90 bits per heavy atom. The van der Waals surface area contributed by atoms with Gasteiger partial charge in [0.1, 0.15) is 10.7 Å². The highest BCUT2D eigenvalue weighted by atomic mass is 35.5. The summed E-state index contributed by atoms with van der Waals surface area (Å²) in [7, 11) is 1.66. The van der Waals surface area contributed by atoms with Gasteiger partial charge < -0.3 is 9.64 Å². The maximum absolute atomic E-state index is 12.2. The van der Waals surface area contributed by atoms with Gasteiger partial charge in [0.25, 0.3) is 5.91 Å². The molecule has 20 heavy (non-hydrogen) atoms. The largest absolute Gasteiger partial charge is 0.378 e. The molecule has 0 radical (unpaired) electrons. The summed E-state index contributed by atoms with van der Waals surface area (Å²) < 4.78 is 5.16. The van der Waals surface area contributed by atoms with Gasteiger partial charge >= 0.3 is 0 Å². The molecule has 0 unspecified atom stereocenters. The van der Waals surface area contributed by atoms with Crippen molar-refractivity contribution in [1.82, 2.24) is 9.88 Å². The molecule has 0 aliphatic carbocycles. The molecule has 0 bridgehead atoms. The van der Waals surface area contributed by atoms with E-state index in [1.807, 2.05) is 24.3 Å². The minimum Gasteiger partial charge on any atom is -0.378 e. The summed E-state index contributed by atoms with van der Waals surface area (Å²) in [5.74, 6) is -0.0483. The molecule has 6 heteroatoms. The van der Waals surface area contributed by atoms with E-state index in [1.54, 1.807) is 17.4 Å². The zero-order valence-electron chi connectivity index (χ0n) is 10.9. The van der Waals surface area contributed by atoms with E-state index >= 15 is 0 Å². The lowest BCUT2D eigenvalue weighted by Crippen LogP contribution is -2.54. The van der Waals surface area contributed by atoms with Gasteiger partial charge in [-0.2, -0.15) is 0 Å². The van der Waals surface area contributed by atoms with Crippen LogP contribution in [-0.2, 0) is 4.74 Å². The Morgan fingerprint density at radius 1 is 1.45 bits per heavy atom. The number of likely N-dealkylation sites (tertiary alicyclic amines) is 1. The topological polar surface area (TPSA) is 42.4 Å². The number of ether oxygens (including phenoxy) is 1. The van der Waals surface area contributed by atoms with Crippen molar-refractivity contribution in [2.24, 2.45) is 0 Å². The molecule has 3 rings (SSSR count). The Bertz CT molecular complexity index is 638. The molecule has 0 N–H and O–H groups in total. The summed E-state index contributed by atoms with van der Waals surface area (Å²) in [5.41, 5.74) is 1.33. The van der Waals surface area contributed by atoms with Crippen molar-refractivity contribution in [2.45, 2.75) is 6.10 Å². The lowest BCUT2D eigenvalue weighted by molar-refractivity contribution is -0.0194. The van der Waals surface area contributed by atoms with Crippen molar-refractivity contribution in [3.05, 3.63) is 40.4 Å². The first-order valence-electron chi connectivity index (χ1n) is 6.21. The maximum Gasteiger partial charge on any atom is 0.273 e. The smallest absolute Gasteiger partial charge is 0.273 e. The molecular weight excluding hydrogens is 296 g/mol. The molecule has 1 aromatic heterocycles. The number of hydrogen-bond acceptors (Lipinski definition) is 4. The number of benzene rings is 1. The average molecular weight is 309 g/mol. The first-order chi connectivity index (χ1) is 9.69. The van der Waals surface area contributed by atoms with E-state index in [-0.39, 0.29) is 12.0 Å². The van der Waals surface area contributed by atoms with Crippen LogP contribution >= 0.6 is 22.9 Å². The van der Waals surface area contributed by atoms with Crippen LogP contribution in [0.1, 0.15) is 10.5 Å². The molecule has 4 nitrogen and oxygen atoms in total. The average Bonchev–Trinajstić information content (AvgIpc) is 2.87. The standard InChI is InChI=1S/C14H13ClN2O2S/c1-19-9-6-17(7-9)14(18)12-8-20-13(16-12)10-4-2-3-5-11(10)15/h2-5,8-9H,6-7H2,1H3. The van der Waals surface area contributed by atoms with Gasteiger partial charge in [0.15, 0.2) is 0 Å². The van der Waals surface area contributed by atoms with Gasteiger partial charge in [0, 0.05) is 31.1 Å². The van der Waals surface area contributed by atoms with Gasteiger partial charge in [-0.1, -0.05) is 29.8 Å². The third-order valence-electron chi connectivity index (χ3n) is 3.30. The lowest BCUT2D eigenvalue weighted by atomic mass is 10.1. The fourth-order valence-electron chi connectivity index (χ4n) is 2.05. The van der Waals surface area contributed by atoms with Gasteiger partial charge in [-0.3, -0.25) is 4.79 Å². The van der Waals surface area contributed by atoms with Crippen molar-refractivity contribution >= 4 is 28.8 Å².